The predicted octanol–water partition coefficient (Wildman–Crippen LogP) is 3.41. The number of piperidine rings is 1. The van der Waals surface area contributed by atoms with Crippen molar-refractivity contribution < 1.29 is 17.9 Å². The Morgan fingerprint density at radius 2 is 1.83 bits per heavy atom. The summed E-state index contributed by atoms with van der Waals surface area (Å²) in [5.74, 6) is -0.181. The summed E-state index contributed by atoms with van der Waals surface area (Å²) < 4.78 is 32.0. The average molecular weight is 386 g/mol. The van der Waals surface area contributed by atoms with Gasteiger partial charge in [0.25, 0.3) is 10.0 Å². The van der Waals surface area contributed by atoms with E-state index in [1.165, 1.54) is 15.6 Å². The average Bonchev–Trinajstić information content (AvgIpc) is 3.12. The third kappa shape index (κ3) is 3.80. The van der Waals surface area contributed by atoms with Crippen LogP contribution < -0.4 is 4.74 Å². The first-order valence-electron chi connectivity index (χ1n) is 7.48. The minimum atomic E-state index is -3.45. The second-order valence-electron chi connectivity index (χ2n) is 5.49. The Hall–Kier alpha value is -1.41. The van der Waals surface area contributed by atoms with E-state index in [4.69, 9.17) is 16.3 Å². The molecule has 0 atom stereocenters. The van der Waals surface area contributed by atoms with Gasteiger partial charge in [-0.1, -0.05) is 17.7 Å². The third-order valence-corrected chi connectivity index (χ3v) is 7.43. The number of carbonyl (C=O) groups excluding carboxylic acids is 1. The number of benzene rings is 1. The number of carbonyl (C=O) groups is 1. The van der Waals surface area contributed by atoms with Crippen molar-refractivity contribution in [2.45, 2.75) is 17.1 Å². The number of hydrogen-bond donors (Lipinski definition) is 0. The smallest absolute Gasteiger partial charge is 0.314 e. The van der Waals surface area contributed by atoms with Gasteiger partial charge < -0.3 is 4.74 Å². The van der Waals surface area contributed by atoms with E-state index in [0.717, 1.165) is 0 Å². The molecule has 8 heteroatoms. The van der Waals surface area contributed by atoms with Crippen molar-refractivity contribution in [2.24, 2.45) is 5.92 Å². The fourth-order valence-corrected chi connectivity index (χ4v) is 5.31. The molecule has 2 aromatic rings. The fraction of sp³-hybridized carbons (Fsp3) is 0.312. The molecule has 0 saturated carbocycles. The highest BCUT2D eigenvalue weighted by Gasteiger charge is 2.33. The van der Waals surface area contributed by atoms with Crippen molar-refractivity contribution in [3.8, 4) is 5.75 Å². The van der Waals surface area contributed by atoms with E-state index in [9.17, 15) is 13.2 Å². The van der Waals surface area contributed by atoms with Crippen LogP contribution in [0.5, 0.6) is 5.75 Å². The van der Waals surface area contributed by atoms with E-state index in [1.54, 1.807) is 41.8 Å². The number of rotatable bonds is 4. The first kappa shape index (κ1) is 17.4. The fourth-order valence-electron chi connectivity index (χ4n) is 2.57. The minimum Gasteiger partial charge on any atom is -0.426 e. The quantitative estimate of drug-likeness (QED) is 0.597. The minimum absolute atomic E-state index is 0.296. The van der Waals surface area contributed by atoms with Crippen LogP contribution in [0.2, 0.25) is 5.02 Å². The van der Waals surface area contributed by atoms with Gasteiger partial charge >= 0.3 is 5.97 Å². The van der Waals surface area contributed by atoms with Gasteiger partial charge in [-0.25, -0.2) is 8.42 Å². The van der Waals surface area contributed by atoms with Gasteiger partial charge in [0.05, 0.1) is 5.92 Å². The van der Waals surface area contributed by atoms with Crippen LogP contribution in [0, 0.1) is 5.92 Å². The summed E-state index contributed by atoms with van der Waals surface area (Å²) in [6.07, 6.45) is 0.911. The highest BCUT2D eigenvalue weighted by Crippen LogP contribution is 2.27. The van der Waals surface area contributed by atoms with Gasteiger partial charge in [-0.2, -0.15) is 4.31 Å². The van der Waals surface area contributed by atoms with Crippen LogP contribution in [0.3, 0.4) is 0 Å². The molecule has 24 heavy (non-hydrogen) atoms. The first-order chi connectivity index (χ1) is 11.5. The van der Waals surface area contributed by atoms with Crippen molar-refractivity contribution >= 4 is 38.9 Å². The van der Waals surface area contributed by atoms with Gasteiger partial charge in [-0.05, 0) is 48.6 Å². The second-order valence-corrected chi connectivity index (χ2v) is 9.03. The Bertz CT molecular complexity index is 795. The molecule has 1 aliphatic rings. The van der Waals surface area contributed by atoms with E-state index in [2.05, 4.69) is 0 Å². The molecule has 1 aromatic carbocycles. The second kappa shape index (κ2) is 7.23. The molecule has 2 heterocycles. The summed E-state index contributed by atoms with van der Waals surface area (Å²) in [4.78, 5) is 12.2. The van der Waals surface area contributed by atoms with Crippen LogP contribution in [-0.2, 0) is 14.8 Å². The Kier molecular flexibility index (Phi) is 5.24. The van der Waals surface area contributed by atoms with Gasteiger partial charge in [0.2, 0.25) is 0 Å². The van der Waals surface area contributed by atoms with E-state index >= 15 is 0 Å². The van der Waals surface area contributed by atoms with Crippen molar-refractivity contribution in [3.63, 3.8) is 0 Å². The molecule has 1 aromatic heterocycles. The lowest BCUT2D eigenvalue weighted by atomic mass is 9.98. The predicted molar refractivity (Wildman–Crippen MR) is 92.9 cm³/mol. The van der Waals surface area contributed by atoms with Gasteiger partial charge in [-0.15, -0.1) is 11.3 Å². The van der Waals surface area contributed by atoms with Crippen molar-refractivity contribution in [1.82, 2.24) is 4.31 Å². The largest absolute Gasteiger partial charge is 0.426 e. The highest BCUT2D eigenvalue weighted by atomic mass is 35.5. The summed E-state index contributed by atoms with van der Waals surface area (Å²) in [5, 5.41) is 2.31. The molecule has 0 amide bonds. The Morgan fingerprint density at radius 3 is 2.42 bits per heavy atom. The molecule has 1 saturated heterocycles. The number of esters is 1. The zero-order valence-corrected chi connectivity index (χ0v) is 15.1. The number of ether oxygens (including phenoxy) is 1. The normalized spacial score (nSPS) is 16.9. The molecular weight excluding hydrogens is 370 g/mol. The molecule has 0 radical (unpaired) electrons. The van der Waals surface area contributed by atoms with E-state index in [-0.39, 0.29) is 11.9 Å². The van der Waals surface area contributed by atoms with Crippen molar-refractivity contribution in [2.75, 3.05) is 13.1 Å². The highest BCUT2D eigenvalue weighted by molar-refractivity contribution is 7.91. The molecular formula is C16H16ClNO4S2. The van der Waals surface area contributed by atoms with Crippen LogP contribution in [0.1, 0.15) is 12.8 Å². The number of nitrogens with zero attached hydrogens (tertiary/aromatic N) is 1. The first-order valence-corrected chi connectivity index (χ1v) is 10.2. The van der Waals surface area contributed by atoms with Crippen LogP contribution >= 0.6 is 22.9 Å². The maximum atomic E-state index is 12.5. The third-order valence-electron chi connectivity index (χ3n) is 3.91. The zero-order valence-electron chi connectivity index (χ0n) is 12.7. The van der Waals surface area contributed by atoms with Crippen molar-refractivity contribution in [1.29, 1.82) is 0 Å². The number of sulfonamides is 1. The number of halogens is 1. The summed E-state index contributed by atoms with van der Waals surface area (Å²) in [6, 6.07) is 9.89. The van der Waals surface area contributed by atoms with Gasteiger partial charge in [-0.3, -0.25) is 4.79 Å². The Morgan fingerprint density at radius 1 is 1.17 bits per heavy atom. The standard InChI is InChI=1S/C16H16ClNO4S2/c17-13-3-5-14(6-4-13)22-16(19)12-7-9-18(10-8-12)24(20,21)15-2-1-11-23-15/h1-6,11-12H,7-10H2. The van der Waals surface area contributed by atoms with E-state index in [0.29, 0.717) is 40.9 Å². The van der Waals surface area contributed by atoms with Crippen molar-refractivity contribution in [3.05, 3.63) is 46.8 Å². The molecule has 1 fully saturated rings. The maximum absolute atomic E-state index is 12.5. The summed E-state index contributed by atoms with van der Waals surface area (Å²) in [7, 11) is -3.45. The SMILES string of the molecule is O=C(Oc1ccc(Cl)cc1)C1CCN(S(=O)(=O)c2cccs2)CC1. The molecule has 0 bridgehead atoms. The number of hydrogen-bond acceptors (Lipinski definition) is 5. The van der Waals surface area contributed by atoms with Crippen LogP contribution in [0.4, 0.5) is 0 Å². The monoisotopic (exact) mass is 385 g/mol. The molecule has 0 N–H and O–H groups in total. The van der Waals surface area contributed by atoms with Gasteiger partial charge in [0.15, 0.2) is 0 Å². The molecule has 0 spiro atoms. The summed E-state index contributed by atoms with van der Waals surface area (Å²) in [5.41, 5.74) is 0. The summed E-state index contributed by atoms with van der Waals surface area (Å²) in [6.45, 7) is 0.640. The molecule has 128 valence electrons. The molecule has 1 aliphatic heterocycles. The topological polar surface area (TPSA) is 63.7 Å². The lowest BCUT2D eigenvalue weighted by molar-refractivity contribution is -0.140. The van der Waals surface area contributed by atoms with Gasteiger partial charge in [0.1, 0.15) is 9.96 Å². The van der Waals surface area contributed by atoms with Gasteiger partial charge in [0, 0.05) is 18.1 Å². The summed E-state index contributed by atoms with van der Waals surface area (Å²) >= 11 is 7.00. The molecule has 5 nitrogen and oxygen atoms in total. The van der Waals surface area contributed by atoms with Crippen LogP contribution in [-0.4, -0.2) is 31.8 Å². The van der Waals surface area contributed by atoms with E-state index < -0.39 is 10.0 Å². The van der Waals surface area contributed by atoms with Crippen LogP contribution in [0.15, 0.2) is 46.0 Å². The Labute approximate surface area is 149 Å². The van der Waals surface area contributed by atoms with Crippen LogP contribution in [0.25, 0.3) is 0 Å². The zero-order chi connectivity index (χ0) is 17.2. The maximum Gasteiger partial charge on any atom is 0.314 e. The molecule has 0 aliphatic carbocycles. The molecule has 3 rings (SSSR count). The lowest BCUT2D eigenvalue weighted by Crippen LogP contribution is -2.40. The lowest BCUT2D eigenvalue weighted by Gasteiger charge is -2.29. The Balaban J connectivity index is 1.58. The van der Waals surface area contributed by atoms with E-state index in [1.807, 2.05) is 0 Å². The number of thiophene rings is 1. The molecule has 0 unspecified atom stereocenters.